The van der Waals surface area contributed by atoms with Gasteiger partial charge in [0.15, 0.2) is 6.79 Å². The molecular weight excluding hydrogens is 269 g/mol. The van der Waals surface area contributed by atoms with Crippen molar-refractivity contribution in [3.63, 3.8) is 0 Å². The van der Waals surface area contributed by atoms with Crippen LogP contribution in [0.25, 0.3) is 0 Å². The Kier molecular flexibility index (Phi) is 4.29. The summed E-state index contributed by atoms with van der Waals surface area (Å²) in [6.45, 7) is 8.07. The van der Waals surface area contributed by atoms with Gasteiger partial charge in [-0.25, -0.2) is 0 Å². The van der Waals surface area contributed by atoms with E-state index in [1.807, 2.05) is 27.7 Å². The van der Waals surface area contributed by atoms with Crippen LogP contribution in [0.1, 0.15) is 33.3 Å². The van der Waals surface area contributed by atoms with Crippen LogP contribution in [-0.4, -0.2) is 32.2 Å². The van der Waals surface area contributed by atoms with Crippen molar-refractivity contribution >= 4 is 12.6 Å². The van der Waals surface area contributed by atoms with Crippen molar-refractivity contribution < 1.29 is 18.8 Å². The second kappa shape index (κ2) is 5.68. The van der Waals surface area contributed by atoms with Gasteiger partial charge in [-0.05, 0) is 39.8 Å². The SMILES string of the molecule is COCOc1cc(C#N)ccc1B1OC(C)(C)C(C)(C)O1. The molecule has 0 radical (unpaired) electrons. The van der Waals surface area contributed by atoms with Crippen molar-refractivity contribution in [2.24, 2.45) is 0 Å². The minimum absolute atomic E-state index is 0.0986. The number of nitrogens with zero attached hydrogens (tertiary/aromatic N) is 1. The Hall–Kier alpha value is -1.55. The fourth-order valence-electron chi connectivity index (χ4n) is 2.02. The molecule has 1 fully saturated rings. The van der Waals surface area contributed by atoms with E-state index in [0.29, 0.717) is 11.3 Å². The van der Waals surface area contributed by atoms with Gasteiger partial charge in [-0.2, -0.15) is 5.26 Å². The van der Waals surface area contributed by atoms with E-state index in [2.05, 4.69) is 6.07 Å². The van der Waals surface area contributed by atoms with Crippen molar-refractivity contribution in [2.75, 3.05) is 13.9 Å². The van der Waals surface area contributed by atoms with E-state index in [4.69, 9.17) is 24.0 Å². The van der Waals surface area contributed by atoms with Gasteiger partial charge < -0.3 is 18.8 Å². The number of nitriles is 1. The summed E-state index contributed by atoms with van der Waals surface area (Å²) in [6.07, 6.45) is 0. The lowest BCUT2D eigenvalue weighted by Crippen LogP contribution is -2.41. The van der Waals surface area contributed by atoms with Crippen LogP contribution in [0.2, 0.25) is 0 Å². The van der Waals surface area contributed by atoms with Crippen molar-refractivity contribution in [1.29, 1.82) is 5.26 Å². The Morgan fingerprint density at radius 2 is 1.81 bits per heavy atom. The molecule has 0 atom stereocenters. The zero-order chi connectivity index (χ0) is 15.7. The molecule has 1 heterocycles. The van der Waals surface area contributed by atoms with Gasteiger partial charge in [0.25, 0.3) is 0 Å². The average molecular weight is 289 g/mol. The highest BCUT2D eigenvalue weighted by Crippen LogP contribution is 2.37. The maximum Gasteiger partial charge on any atom is 0.498 e. The van der Waals surface area contributed by atoms with Crippen LogP contribution < -0.4 is 10.2 Å². The summed E-state index contributed by atoms with van der Waals surface area (Å²) in [4.78, 5) is 0. The fourth-order valence-corrected chi connectivity index (χ4v) is 2.02. The highest BCUT2D eigenvalue weighted by atomic mass is 16.7. The smallest absolute Gasteiger partial charge is 0.468 e. The summed E-state index contributed by atoms with van der Waals surface area (Å²) in [5.74, 6) is 0.536. The first-order valence-corrected chi connectivity index (χ1v) is 6.82. The van der Waals surface area contributed by atoms with E-state index >= 15 is 0 Å². The lowest BCUT2D eigenvalue weighted by molar-refractivity contribution is 0.00578. The minimum atomic E-state index is -0.533. The summed E-state index contributed by atoms with van der Waals surface area (Å²) in [6, 6.07) is 7.28. The Balaban J connectivity index is 2.34. The van der Waals surface area contributed by atoms with Gasteiger partial charge in [0.05, 0.1) is 22.8 Å². The molecule has 0 spiro atoms. The molecule has 5 nitrogen and oxygen atoms in total. The molecule has 0 aromatic heterocycles. The molecule has 1 aliphatic rings. The third kappa shape index (κ3) is 3.05. The number of rotatable bonds is 4. The van der Waals surface area contributed by atoms with Gasteiger partial charge in [0.1, 0.15) is 5.75 Å². The quantitative estimate of drug-likeness (QED) is 0.625. The maximum absolute atomic E-state index is 9.01. The van der Waals surface area contributed by atoms with Crippen LogP contribution in [0, 0.1) is 11.3 Å². The Bertz CT molecular complexity index is 549. The van der Waals surface area contributed by atoms with E-state index in [9.17, 15) is 0 Å². The van der Waals surface area contributed by atoms with Gasteiger partial charge in [-0.3, -0.25) is 0 Å². The van der Waals surface area contributed by atoms with Gasteiger partial charge in [-0.1, -0.05) is 6.07 Å². The molecule has 0 aliphatic carbocycles. The molecule has 2 rings (SSSR count). The van der Waals surface area contributed by atoms with E-state index in [1.165, 1.54) is 0 Å². The first-order chi connectivity index (χ1) is 9.80. The molecule has 0 N–H and O–H groups in total. The van der Waals surface area contributed by atoms with Crippen molar-refractivity contribution in [1.82, 2.24) is 0 Å². The molecule has 1 aromatic carbocycles. The van der Waals surface area contributed by atoms with Gasteiger partial charge in [0, 0.05) is 12.6 Å². The minimum Gasteiger partial charge on any atom is -0.468 e. The van der Waals surface area contributed by atoms with Crippen LogP contribution in [-0.2, 0) is 14.0 Å². The zero-order valence-corrected chi connectivity index (χ0v) is 13.1. The topological polar surface area (TPSA) is 60.7 Å². The van der Waals surface area contributed by atoms with E-state index < -0.39 is 18.3 Å². The monoisotopic (exact) mass is 289 g/mol. The third-order valence-electron chi connectivity index (χ3n) is 3.98. The molecule has 112 valence electrons. The van der Waals surface area contributed by atoms with Crippen molar-refractivity contribution in [3.8, 4) is 11.8 Å². The summed E-state index contributed by atoms with van der Waals surface area (Å²) in [7, 11) is 1.01. The van der Waals surface area contributed by atoms with Crippen molar-refractivity contribution in [3.05, 3.63) is 23.8 Å². The molecule has 0 unspecified atom stereocenters. The van der Waals surface area contributed by atoms with E-state index in [1.54, 1.807) is 25.3 Å². The number of ether oxygens (including phenoxy) is 2. The number of methoxy groups -OCH3 is 1. The summed E-state index contributed by atoms with van der Waals surface area (Å²) < 4.78 is 22.5. The predicted octanol–water partition coefficient (Wildman–Crippen LogP) is 1.84. The largest absolute Gasteiger partial charge is 0.498 e. The Morgan fingerprint density at radius 1 is 1.19 bits per heavy atom. The average Bonchev–Trinajstić information content (AvgIpc) is 2.64. The van der Waals surface area contributed by atoms with Crippen LogP contribution in [0.15, 0.2) is 18.2 Å². The van der Waals surface area contributed by atoms with Gasteiger partial charge >= 0.3 is 7.12 Å². The molecule has 6 heteroatoms. The summed E-state index contributed by atoms with van der Waals surface area (Å²) in [5.41, 5.74) is 0.417. The van der Waals surface area contributed by atoms with Gasteiger partial charge in [0.2, 0.25) is 0 Å². The second-order valence-electron chi connectivity index (χ2n) is 6.00. The molecule has 21 heavy (non-hydrogen) atoms. The van der Waals surface area contributed by atoms with Crippen LogP contribution in [0.5, 0.6) is 5.75 Å². The molecule has 1 aromatic rings. The molecule has 0 saturated carbocycles. The van der Waals surface area contributed by atoms with Crippen LogP contribution in [0.4, 0.5) is 0 Å². The van der Waals surface area contributed by atoms with Crippen LogP contribution in [0.3, 0.4) is 0 Å². The third-order valence-corrected chi connectivity index (χ3v) is 3.98. The normalized spacial score (nSPS) is 19.3. The molecular formula is C15H20BNO4. The number of hydrogen-bond acceptors (Lipinski definition) is 5. The summed E-state index contributed by atoms with van der Waals surface area (Å²) in [5, 5.41) is 9.01. The van der Waals surface area contributed by atoms with E-state index in [0.717, 1.165) is 5.46 Å². The number of benzene rings is 1. The fraction of sp³-hybridized carbons (Fsp3) is 0.533. The maximum atomic E-state index is 9.01. The zero-order valence-electron chi connectivity index (χ0n) is 13.1. The Labute approximate surface area is 125 Å². The first kappa shape index (κ1) is 15.8. The Morgan fingerprint density at radius 3 is 2.33 bits per heavy atom. The van der Waals surface area contributed by atoms with Crippen molar-refractivity contribution in [2.45, 2.75) is 38.9 Å². The molecule has 1 saturated heterocycles. The highest BCUT2D eigenvalue weighted by molar-refractivity contribution is 6.63. The summed E-state index contributed by atoms with van der Waals surface area (Å²) >= 11 is 0. The highest BCUT2D eigenvalue weighted by Gasteiger charge is 2.52. The molecule has 0 amide bonds. The molecule has 1 aliphatic heterocycles. The molecule has 0 bridgehead atoms. The van der Waals surface area contributed by atoms with Crippen LogP contribution >= 0.6 is 0 Å². The van der Waals surface area contributed by atoms with E-state index in [-0.39, 0.29) is 6.79 Å². The van der Waals surface area contributed by atoms with Gasteiger partial charge in [-0.15, -0.1) is 0 Å². The lowest BCUT2D eigenvalue weighted by atomic mass is 9.78. The lowest BCUT2D eigenvalue weighted by Gasteiger charge is -2.32. The number of hydrogen-bond donors (Lipinski definition) is 0. The first-order valence-electron chi connectivity index (χ1n) is 6.82. The predicted molar refractivity (Wildman–Crippen MR) is 79.4 cm³/mol. The standard InChI is InChI=1S/C15H20BNO4/c1-14(2)15(3,4)21-16(20-14)12-7-6-11(9-17)8-13(12)19-10-18-5/h6-8H,10H2,1-5H3. The second-order valence-corrected chi connectivity index (χ2v) is 6.00.